The zero-order valence-corrected chi connectivity index (χ0v) is 17.8. The van der Waals surface area contributed by atoms with Crippen LogP contribution in [0.4, 0.5) is 5.69 Å². The van der Waals surface area contributed by atoms with Crippen molar-refractivity contribution in [2.45, 2.75) is 25.4 Å². The van der Waals surface area contributed by atoms with E-state index < -0.39 is 0 Å². The van der Waals surface area contributed by atoms with Gasteiger partial charge in [-0.2, -0.15) is 0 Å². The van der Waals surface area contributed by atoms with Crippen LogP contribution >= 0.6 is 15.9 Å². The van der Waals surface area contributed by atoms with Gasteiger partial charge in [0.2, 0.25) is 5.91 Å². The number of anilines is 1. The minimum Gasteiger partial charge on any atom is -0.493 e. The predicted molar refractivity (Wildman–Crippen MR) is 116 cm³/mol. The normalized spacial score (nSPS) is 15.0. The van der Waals surface area contributed by atoms with Gasteiger partial charge in [0.1, 0.15) is 5.75 Å². The van der Waals surface area contributed by atoms with E-state index >= 15 is 0 Å². The van der Waals surface area contributed by atoms with Crippen molar-refractivity contribution in [2.24, 2.45) is 0 Å². The summed E-state index contributed by atoms with van der Waals surface area (Å²) in [6.45, 7) is 1.09. The molecule has 0 radical (unpaired) electrons. The number of nitrogens with one attached hydrogen (secondary N) is 2. The summed E-state index contributed by atoms with van der Waals surface area (Å²) in [6, 6.07) is 12.6. The molecule has 1 aliphatic rings. The lowest BCUT2D eigenvalue weighted by atomic mass is 10.00. The van der Waals surface area contributed by atoms with Gasteiger partial charge in [0.15, 0.2) is 0 Å². The molecular weight excluding hydrogens is 448 g/mol. The Hall–Kier alpha value is -3.13. The van der Waals surface area contributed by atoms with Crippen LogP contribution in [0.3, 0.4) is 0 Å². The first-order valence-electron chi connectivity index (χ1n) is 9.67. The van der Waals surface area contributed by atoms with Gasteiger partial charge in [-0.05, 0) is 36.4 Å². The van der Waals surface area contributed by atoms with Gasteiger partial charge in [0.25, 0.3) is 5.91 Å². The molecule has 1 atom stereocenters. The first kappa shape index (κ1) is 20.2. The average Bonchev–Trinajstić information content (AvgIpc) is 3.27. The number of aromatic nitrogens is 2. The van der Waals surface area contributed by atoms with Crippen molar-refractivity contribution in [1.29, 1.82) is 0 Å². The highest BCUT2D eigenvalue weighted by Crippen LogP contribution is 2.34. The zero-order chi connectivity index (χ0) is 20.9. The number of aryl methyl sites for hydroxylation is 1. The monoisotopic (exact) mass is 468 g/mol. The van der Waals surface area contributed by atoms with E-state index in [1.165, 1.54) is 0 Å². The van der Waals surface area contributed by atoms with Crippen LogP contribution in [0.25, 0.3) is 0 Å². The number of carbonyl (C=O) groups is 2. The van der Waals surface area contributed by atoms with Crippen molar-refractivity contribution in [1.82, 2.24) is 14.9 Å². The van der Waals surface area contributed by atoms with E-state index in [1.54, 1.807) is 36.8 Å². The smallest absolute Gasteiger partial charge is 0.251 e. The zero-order valence-electron chi connectivity index (χ0n) is 16.2. The fourth-order valence-electron chi connectivity index (χ4n) is 3.37. The summed E-state index contributed by atoms with van der Waals surface area (Å²) in [6.07, 6.45) is 6.17. The molecule has 1 unspecified atom stereocenters. The molecule has 1 aliphatic heterocycles. The predicted octanol–water partition coefficient (Wildman–Crippen LogP) is 3.93. The molecule has 2 heterocycles. The highest BCUT2D eigenvalue weighted by Gasteiger charge is 2.24. The molecule has 2 aromatic carbocycles. The highest BCUT2D eigenvalue weighted by molar-refractivity contribution is 9.10. The van der Waals surface area contributed by atoms with Crippen molar-refractivity contribution in [3.05, 3.63) is 76.8 Å². The Morgan fingerprint density at radius 2 is 2.13 bits per heavy atom. The van der Waals surface area contributed by atoms with E-state index in [0.717, 1.165) is 15.8 Å². The van der Waals surface area contributed by atoms with Crippen LogP contribution in [0.2, 0.25) is 0 Å². The molecule has 0 aliphatic carbocycles. The number of imidazole rings is 1. The van der Waals surface area contributed by atoms with Crippen molar-refractivity contribution in [2.75, 3.05) is 11.9 Å². The molecule has 0 bridgehead atoms. The second kappa shape index (κ2) is 9.13. The first-order chi connectivity index (χ1) is 14.6. The maximum atomic E-state index is 12.8. The number of rotatable bonds is 6. The second-order valence-electron chi connectivity index (χ2n) is 7.02. The number of halogens is 1. The molecule has 4 rings (SSSR count). The fourth-order valence-corrected chi connectivity index (χ4v) is 3.75. The van der Waals surface area contributed by atoms with Crippen LogP contribution in [0.15, 0.2) is 65.7 Å². The van der Waals surface area contributed by atoms with Crippen molar-refractivity contribution in [3.8, 4) is 5.75 Å². The van der Waals surface area contributed by atoms with Crippen molar-refractivity contribution >= 4 is 33.4 Å². The minimum absolute atomic E-state index is 0.121. The Morgan fingerprint density at radius 1 is 1.23 bits per heavy atom. The Balaban J connectivity index is 1.39. The highest BCUT2D eigenvalue weighted by atomic mass is 79.9. The Morgan fingerprint density at radius 3 is 2.97 bits per heavy atom. The molecule has 8 heteroatoms. The third-order valence-corrected chi connectivity index (χ3v) is 5.37. The topological polar surface area (TPSA) is 85.2 Å². The summed E-state index contributed by atoms with van der Waals surface area (Å²) in [5, 5.41) is 5.93. The van der Waals surface area contributed by atoms with Crippen LogP contribution in [0, 0.1) is 0 Å². The molecular formula is C22H21BrN4O3. The number of ether oxygens (including phenoxy) is 1. The van der Waals surface area contributed by atoms with Crippen molar-refractivity contribution < 1.29 is 14.3 Å². The third kappa shape index (κ3) is 4.88. The molecule has 30 heavy (non-hydrogen) atoms. The van der Waals surface area contributed by atoms with E-state index in [1.807, 2.05) is 29.0 Å². The van der Waals surface area contributed by atoms with E-state index in [4.69, 9.17) is 4.74 Å². The number of fused-ring (bicyclic) bond motifs is 1. The Bertz CT molecular complexity index is 1050. The van der Waals surface area contributed by atoms with E-state index in [9.17, 15) is 9.59 Å². The number of benzene rings is 2. The minimum atomic E-state index is -0.192. The van der Waals surface area contributed by atoms with Crippen LogP contribution < -0.4 is 15.4 Å². The largest absolute Gasteiger partial charge is 0.493 e. The summed E-state index contributed by atoms with van der Waals surface area (Å²) >= 11 is 3.47. The number of hydrogen-bond acceptors (Lipinski definition) is 4. The first-order valence-corrected chi connectivity index (χ1v) is 10.5. The van der Waals surface area contributed by atoms with Crippen molar-refractivity contribution in [3.63, 3.8) is 0 Å². The van der Waals surface area contributed by atoms with Gasteiger partial charge in [-0.3, -0.25) is 9.59 Å². The maximum Gasteiger partial charge on any atom is 0.251 e. The summed E-state index contributed by atoms with van der Waals surface area (Å²) in [7, 11) is 0. The van der Waals surface area contributed by atoms with Crippen LogP contribution in [-0.4, -0.2) is 28.0 Å². The number of nitrogens with zero attached hydrogens (tertiary/aromatic N) is 2. The Kier molecular flexibility index (Phi) is 6.13. The lowest BCUT2D eigenvalue weighted by Gasteiger charge is -2.27. The SMILES string of the molecule is O=C(CCn1ccnc1)Nc1cccc(C(=O)NC2CCOc3ccc(Br)cc32)c1. The number of amides is 2. The van der Waals surface area contributed by atoms with Crippen LogP contribution in [0.1, 0.15) is 34.8 Å². The molecule has 0 fully saturated rings. The summed E-state index contributed by atoms with van der Waals surface area (Å²) in [5.74, 6) is 0.473. The summed E-state index contributed by atoms with van der Waals surface area (Å²) in [5.41, 5.74) is 2.03. The quantitative estimate of drug-likeness (QED) is 0.573. The third-order valence-electron chi connectivity index (χ3n) is 4.88. The number of carbonyl (C=O) groups excluding carboxylic acids is 2. The molecule has 0 spiro atoms. The second-order valence-corrected chi connectivity index (χ2v) is 7.94. The van der Waals surface area contributed by atoms with Crippen LogP contribution in [-0.2, 0) is 11.3 Å². The fraction of sp³-hybridized carbons (Fsp3) is 0.227. The molecule has 154 valence electrons. The molecule has 2 N–H and O–H groups in total. The molecule has 2 amide bonds. The molecule has 0 saturated heterocycles. The molecule has 0 saturated carbocycles. The molecule has 3 aromatic rings. The van der Waals surface area contributed by atoms with Crippen LogP contribution in [0.5, 0.6) is 5.75 Å². The van der Waals surface area contributed by atoms with Gasteiger partial charge in [-0.1, -0.05) is 22.0 Å². The number of hydrogen-bond donors (Lipinski definition) is 2. The molecule has 1 aromatic heterocycles. The van der Waals surface area contributed by atoms with Gasteiger partial charge in [-0.15, -0.1) is 0 Å². The van der Waals surface area contributed by atoms with E-state index in [0.29, 0.717) is 37.2 Å². The van der Waals surface area contributed by atoms with Gasteiger partial charge in [0.05, 0.1) is 19.0 Å². The standard InChI is InChI=1S/C22H21BrN4O3/c23-16-4-5-20-18(13-16)19(7-11-30-20)26-22(29)15-2-1-3-17(12-15)25-21(28)6-9-27-10-8-24-14-27/h1-5,8,10,12-14,19H,6-7,9,11H2,(H,25,28)(H,26,29). The van der Waals surface area contributed by atoms with E-state index in [-0.39, 0.29) is 17.9 Å². The summed E-state index contributed by atoms with van der Waals surface area (Å²) in [4.78, 5) is 29.0. The summed E-state index contributed by atoms with van der Waals surface area (Å²) < 4.78 is 8.46. The maximum absolute atomic E-state index is 12.8. The lowest BCUT2D eigenvalue weighted by Crippen LogP contribution is -2.32. The lowest BCUT2D eigenvalue weighted by molar-refractivity contribution is -0.116. The van der Waals surface area contributed by atoms with Gasteiger partial charge in [-0.25, -0.2) is 4.98 Å². The average molecular weight is 469 g/mol. The van der Waals surface area contributed by atoms with Gasteiger partial charge >= 0.3 is 0 Å². The van der Waals surface area contributed by atoms with E-state index in [2.05, 4.69) is 31.5 Å². The van der Waals surface area contributed by atoms with Gasteiger partial charge < -0.3 is 19.9 Å². The van der Waals surface area contributed by atoms with Gasteiger partial charge in [0, 0.05) is 53.1 Å². The Labute approximate surface area is 182 Å². The molecule has 7 nitrogen and oxygen atoms in total.